The van der Waals surface area contributed by atoms with Gasteiger partial charge in [0.15, 0.2) is 11.6 Å². The maximum Gasteiger partial charge on any atom is 0.252 e. The van der Waals surface area contributed by atoms with Gasteiger partial charge in [-0.3, -0.25) is 9.80 Å². The van der Waals surface area contributed by atoms with Crippen LogP contribution in [-0.4, -0.2) is 27.6 Å². The van der Waals surface area contributed by atoms with Crippen LogP contribution < -0.4 is 21.9 Å². The molecule has 0 radical (unpaired) electrons. The van der Waals surface area contributed by atoms with E-state index in [4.69, 9.17) is 11.6 Å². The van der Waals surface area contributed by atoms with Gasteiger partial charge in [0.1, 0.15) is 17.1 Å². The van der Waals surface area contributed by atoms with Gasteiger partial charge >= 0.3 is 0 Å². The molecule has 2 rings (SSSR count). The normalized spacial score (nSPS) is 11.8. The van der Waals surface area contributed by atoms with Gasteiger partial charge in [-0.1, -0.05) is 0 Å². The van der Waals surface area contributed by atoms with Crippen LogP contribution in [-0.2, 0) is 4.79 Å². The Bertz CT molecular complexity index is 766. The summed E-state index contributed by atoms with van der Waals surface area (Å²) in [7, 11) is 0. The van der Waals surface area contributed by atoms with Gasteiger partial charge in [-0.05, 0) is 37.5 Å². The van der Waals surface area contributed by atoms with Crippen LogP contribution in [0.2, 0.25) is 0 Å². The number of nitrogens with zero attached hydrogens (tertiary/aromatic N) is 3. The number of aromatic nitrogens is 2. The van der Waals surface area contributed by atoms with Crippen LogP contribution in [0.5, 0.6) is 0 Å². The topological polar surface area (TPSA) is 127 Å². The number of pyridine rings is 1. The zero-order valence-electron chi connectivity index (χ0n) is 13.1. The number of nitrogens with one attached hydrogen (secondary N) is 1. The fourth-order valence-electron chi connectivity index (χ4n) is 1.94. The molecule has 10 heteroatoms. The standard InChI is InChI=1S/C14H17FN6O2S/c1-7-5-11(24-20-7)18-13-9(12(16)23)6-10(15)14(19-13)21(17)8(2)3-4-22/h4-6,8H,3,17H2,1-2H3,(H2,16,23)(H,18,19). The van der Waals surface area contributed by atoms with Gasteiger partial charge in [-0.15, -0.1) is 0 Å². The number of hydrogen-bond acceptors (Lipinski definition) is 8. The summed E-state index contributed by atoms with van der Waals surface area (Å²) in [5.74, 6) is 4.06. The van der Waals surface area contributed by atoms with E-state index in [0.29, 0.717) is 11.3 Å². The second-order valence-electron chi connectivity index (χ2n) is 5.17. The minimum Gasteiger partial charge on any atom is -0.365 e. The van der Waals surface area contributed by atoms with Crippen LogP contribution in [0.3, 0.4) is 0 Å². The third-order valence-corrected chi connectivity index (χ3v) is 4.05. The number of hydrogen-bond donors (Lipinski definition) is 3. The second-order valence-corrected chi connectivity index (χ2v) is 5.98. The molecule has 0 fully saturated rings. The zero-order chi connectivity index (χ0) is 17.9. The maximum atomic E-state index is 14.3. The molecule has 0 aliphatic carbocycles. The molecule has 0 bridgehead atoms. The average molecular weight is 352 g/mol. The van der Waals surface area contributed by atoms with Gasteiger partial charge in [0.2, 0.25) is 0 Å². The highest BCUT2D eigenvalue weighted by Crippen LogP contribution is 2.27. The van der Waals surface area contributed by atoms with Crippen molar-refractivity contribution in [3.8, 4) is 0 Å². The monoisotopic (exact) mass is 352 g/mol. The summed E-state index contributed by atoms with van der Waals surface area (Å²) in [5.41, 5.74) is 5.96. The molecule has 24 heavy (non-hydrogen) atoms. The lowest BCUT2D eigenvalue weighted by Gasteiger charge is -2.25. The third-order valence-electron chi connectivity index (χ3n) is 3.25. The van der Waals surface area contributed by atoms with E-state index >= 15 is 0 Å². The number of halogens is 1. The molecule has 1 amide bonds. The molecule has 0 aromatic carbocycles. The fourth-order valence-corrected chi connectivity index (χ4v) is 2.60. The number of aryl methyl sites for hydroxylation is 1. The minimum absolute atomic E-state index is 0.0660. The van der Waals surface area contributed by atoms with Gasteiger partial charge in [-0.2, -0.15) is 4.37 Å². The first-order valence-corrected chi connectivity index (χ1v) is 7.79. The van der Waals surface area contributed by atoms with E-state index in [1.54, 1.807) is 13.0 Å². The van der Waals surface area contributed by atoms with Crippen molar-refractivity contribution in [2.45, 2.75) is 26.3 Å². The lowest BCUT2D eigenvalue weighted by atomic mass is 10.2. The summed E-state index contributed by atoms with van der Waals surface area (Å²) in [6.45, 7) is 3.46. The highest BCUT2D eigenvalue weighted by molar-refractivity contribution is 7.10. The van der Waals surface area contributed by atoms with Crippen molar-refractivity contribution in [3.63, 3.8) is 0 Å². The van der Waals surface area contributed by atoms with Crippen LogP contribution in [0.1, 0.15) is 29.4 Å². The molecular weight excluding hydrogens is 335 g/mol. The molecule has 0 aliphatic rings. The molecular formula is C14H17FN6O2S. The van der Waals surface area contributed by atoms with Crippen molar-refractivity contribution in [2.24, 2.45) is 11.6 Å². The van der Waals surface area contributed by atoms with Crippen LogP contribution >= 0.6 is 11.5 Å². The number of anilines is 3. The Hall–Kier alpha value is -2.59. The van der Waals surface area contributed by atoms with E-state index in [2.05, 4.69) is 14.7 Å². The van der Waals surface area contributed by atoms with Crippen molar-refractivity contribution < 1.29 is 14.0 Å². The van der Waals surface area contributed by atoms with Crippen molar-refractivity contribution in [3.05, 3.63) is 29.2 Å². The first-order valence-electron chi connectivity index (χ1n) is 7.01. The Labute approximate surface area is 141 Å². The lowest BCUT2D eigenvalue weighted by molar-refractivity contribution is -0.108. The number of hydrazine groups is 1. The van der Waals surface area contributed by atoms with E-state index in [-0.39, 0.29) is 23.6 Å². The maximum absolute atomic E-state index is 14.3. The fraction of sp³-hybridized carbons (Fsp3) is 0.286. The summed E-state index contributed by atoms with van der Waals surface area (Å²) in [5, 5.41) is 4.55. The highest BCUT2D eigenvalue weighted by Gasteiger charge is 2.21. The third kappa shape index (κ3) is 3.84. The van der Waals surface area contributed by atoms with Crippen LogP contribution in [0, 0.1) is 12.7 Å². The molecule has 1 atom stereocenters. The van der Waals surface area contributed by atoms with Gasteiger partial charge in [-0.25, -0.2) is 15.2 Å². The second kappa shape index (κ2) is 7.32. The molecule has 0 saturated heterocycles. The molecule has 128 valence electrons. The van der Waals surface area contributed by atoms with Crippen LogP contribution in [0.4, 0.5) is 21.0 Å². The van der Waals surface area contributed by atoms with Crippen molar-refractivity contribution >= 4 is 40.4 Å². The molecule has 2 aromatic rings. The molecule has 0 aliphatic heterocycles. The smallest absolute Gasteiger partial charge is 0.252 e. The van der Waals surface area contributed by atoms with Gasteiger partial charge in [0, 0.05) is 6.42 Å². The SMILES string of the molecule is Cc1cc(Nc2nc(N(N)C(C)CC=O)c(F)cc2C(N)=O)sn1. The quantitative estimate of drug-likeness (QED) is 0.391. The number of carbonyl (C=O) groups excluding carboxylic acids is 2. The first kappa shape index (κ1) is 17.8. The Kier molecular flexibility index (Phi) is 5.42. The Balaban J connectivity index is 2.44. The number of aldehydes is 1. The largest absolute Gasteiger partial charge is 0.365 e. The molecule has 0 saturated carbocycles. The molecule has 2 aromatic heterocycles. The predicted octanol–water partition coefficient (Wildman–Crippen LogP) is 1.49. The van der Waals surface area contributed by atoms with E-state index < -0.39 is 17.8 Å². The predicted molar refractivity (Wildman–Crippen MR) is 89.7 cm³/mol. The number of carbonyl (C=O) groups is 2. The number of rotatable bonds is 7. The Morgan fingerprint density at radius 3 is 2.79 bits per heavy atom. The van der Waals surface area contributed by atoms with Gasteiger partial charge < -0.3 is 15.8 Å². The lowest BCUT2D eigenvalue weighted by Crippen LogP contribution is -2.41. The molecule has 0 spiro atoms. The van der Waals surface area contributed by atoms with Crippen molar-refractivity contribution in [1.29, 1.82) is 0 Å². The Morgan fingerprint density at radius 2 is 2.25 bits per heavy atom. The zero-order valence-corrected chi connectivity index (χ0v) is 13.9. The van der Waals surface area contributed by atoms with E-state index in [1.807, 2.05) is 6.92 Å². The molecule has 8 nitrogen and oxygen atoms in total. The van der Waals surface area contributed by atoms with E-state index in [9.17, 15) is 14.0 Å². The summed E-state index contributed by atoms with van der Waals surface area (Å²) in [6, 6.07) is 2.24. The van der Waals surface area contributed by atoms with E-state index in [0.717, 1.165) is 28.3 Å². The summed E-state index contributed by atoms with van der Waals surface area (Å²) < 4.78 is 18.4. The minimum atomic E-state index is -0.832. The van der Waals surface area contributed by atoms with Crippen LogP contribution in [0.15, 0.2) is 12.1 Å². The molecule has 5 N–H and O–H groups in total. The summed E-state index contributed by atoms with van der Waals surface area (Å²) >= 11 is 1.16. The first-order chi connectivity index (χ1) is 11.3. The number of nitrogens with two attached hydrogens (primary N) is 2. The van der Waals surface area contributed by atoms with Crippen molar-refractivity contribution in [2.75, 3.05) is 10.3 Å². The Morgan fingerprint density at radius 1 is 1.54 bits per heavy atom. The summed E-state index contributed by atoms with van der Waals surface area (Å²) in [6.07, 6.45) is 0.783. The van der Waals surface area contributed by atoms with Gasteiger partial charge in [0.25, 0.3) is 5.91 Å². The summed E-state index contributed by atoms with van der Waals surface area (Å²) in [4.78, 5) is 26.3. The highest BCUT2D eigenvalue weighted by atomic mass is 32.1. The molecule has 1 unspecified atom stereocenters. The van der Waals surface area contributed by atoms with Crippen molar-refractivity contribution in [1.82, 2.24) is 9.36 Å². The molecule has 2 heterocycles. The number of amides is 1. The van der Waals surface area contributed by atoms with Gasteiger partial charge in [0.05, 0.1) is 17.3 Å². The average Bonchev–Trinajstić information content (AvgIpc) is 2.93. The van der Waals surface area contributed by atoms with Crippen LogP contribution in [0.25, 0.3) is 0 Å². The number of primary amides is 1. The van der Waals surface area contributed by atoms with E-state index in [1.165, 1.54) is 0 Å².